The summed E-state index contributed by atoms with van der Waals surface area (Å²) in [6.07, 6.45) is 0. The highest BCUT2D eigenvalue weighted by Crippen LogP contribution is 2.49. The first-order valence-corrected chi connectivity index (χ1v) is 9.97. The lowest BCUT2D eigenvalue weighted by atomic mass is 9.96. The summed E-state index contributed by atoms with van der Waals surface area (Å²) in [5, 5.41) is 12.0. The number of ether oxygens (including phenoxy) is 2. The number of hydrogen-bond acceptors (Lipinski definition) is 4. The van der Waals surface area contributed by atoms with Crippen molar-refractivity contribution in [1.29, 1.82) is 0 Å². The van der Waals surface area contributed by atoms with Crippen LogP contribution in [0.5, 0.6) is 17.2 Å². The van der Waals surface area contributed by atoms with Crippen LogP contribution < -0.4 is 14.4 Å². The molecule has 1 unspecified atom stereocenters. The molecule has 1 atom stereocenters. The van der Waals surface area contributed by atoms with E-state index in [9.17, 15) is 9.90 Å². The van der Waals surface area contributed by atoms with Crippen molar-refractivity contribution in [3.05, 3.63) is 83.6 Å². The number of phenolic OH excluding ortho intramolecular Hbond substituents is 1. The first-order chi connectivity index (χ1) is 15.1. The molecule has 5 rings (SSSR count). The van der Waals surface area contributed by atoms with Crippen molar-refractivity contribution in [2.75, 3.05) is 19.1 Å². The SMILES string of the molecule is COc1ccc(N2C(=O)c3c(c4ccccc4n3C)C2c2cccc(OC)c2O)cc1. The van der Waals surface area contributed by atoms with Crippen molar-refractivity contribution in [2.24, 2.45) is 7.05 Å². The van der Waals surface area contributed by atoms with Gasteiger partial charge in [-0.25, -0.2) is 0 Å². The van der Waals surface area contributed by atoms with E-state index in [1.165, 1.54) is 7.11 Å². The Bertz CT molecular complexity index is 1310. The number of aryl methyl sites for hydroxylation is 1. The number of nitrogens with zero attached hydrogens (tertiary/aromatic N) is 2. The standard InChI is InChI=1S/C25H22N2O4/c1-26-19-9-5-4-7-17(19)21-22(18-8-6-10-20(31-3)24(18)28)27(25(29)23(21)26)15-11-13-16(30-2)14-12-15/h4-14,22,28H,1-3H3. The van der Waals surface area contributed by atoms with E-state index in [2.05, 4.69) is 0 Å². The van der Waals surface area contributed by atoms with Crippen LogP contribution in [0.25, 0.3) is 10.9 Å². The zero-order chi connectivity index (χ0) is 21.7. The second kappa shape index (κ2) is 7.09. The number of amides is 1. The highest BCUT2D eigenvalue weighted by Gasteiger charge is 2.44. The Morgan fingerprint density at radius 2 is 1.65 bits per heavy atom. The molecular weight excluding hydrogens is 392 g/mol. The first kappa shape index (κ1) is 19.1. The highest BCUT2D eigenvalue weighted by molar-refractivity contribution is 6.15. The lowest BCUT2D eigenvalue weighted by molar-refractivity contribution is 0.0986. The molecule has 2 heterocycles. The van der Waals surface area contributed by atoms with Gasteiger partial charge in [-0.2, -0.15) is 0 Å². The molecule has 0 radical (unpaired) electrons. The van der Waals surface area contributed by atoms with Crippen LogP contribution in [0.4, 0.5) is 5.69 Å². The summed E-state index contributed by atoms with van der Waals surface area (Å²) in [6, 6.07) is 20.2. The molecule has 0 saturated carbocycles. The molecule has 6 nitrogen and oxygen atoms in total. The summed E-state index contributed by atoms with van der Waals surface area (Å²) in [4.78, 5) is 15.5. The highest BCUT2D eigenvalue weighted by atomic mass is 16.5. The Morgan fingerprint density at radius 1 is 0.903 bits per heavy atom. The normalized spacial score (nSPS) is 15.4. The molecule has 4 aromatic rings. The van der Waals surface area contributed by atoms with Gasteiger partial charge in [-0.05, 0) is 36.4 Å². The minimum Gasteiger partial charge on any atom is -0.504 e. The molecule has 0 fully saturated rings. The monoisotopic (exact) mass is 414 g/mol. The number of anilines is 1. The topological polar surface area (TPSA) is 63.9 Å². The van der Waals surface area contributed by atoms with Crippen LogP contribution in [-0.2, 0) is 7.05 Å². The number of carbonyl (C=O) groups excluding carboxylic acids is 1. The molecule has 156 valence electrons. The van der Waals surface area contributed by atoms with Crippen molar-refractivity contribution in [3.8, 4) is 17.2 Å². The average molecular weight is 414 g/mol. The number of hydrogen-bond donors (Lipinski definition) is 1. The fourth-order valence-corrected chi connectivity index (χ4v) is 4.55. The zero-order valence-corrected chi connectivity index (χ0v) is 17.5. The summed E-state index contributed by atoms with van der Waals surface area (Å²) in [5.74, 6) is 0.987. The van der Waals surface area contributed by atoms with Gasteiger partial charge in [0, 0.05) is 34.8 Å². The van der Waals surface area contributed by atoms with Crippen LogP contribution in [0.15, 0.2) is 66.7 Å². The van der Waals surface area contributed by atoms with Gasteiger partial charge in [0.25, 0.3) is 5.91 Å². The summed E-state index contributed by atoms with van der Waals surface area (Å²) in [5.41, 5.74) is 3.80. The Morgan fingerprint density at radius 3 is 2.35 bits per heavy atom. The quantitative estimate of drug-likeness (QED) is 0.528. The number of rotatable bonds is 4. The number of benzene rings is 3. The predicted octanol–water partition coefficient (Wildman–Crippen LogP) is 4.65. The van der Waals surface area contributed by atoms with Crippen LogP contribution in [0, 0.1) is 0 Å². The van der Waals surface area contributed by atoms with Crippen molar-refractivity contribution >= 4 is 22.5 Å². The van der Waals surface area contributed by atoms with Gasteiger partial charge >= 0.3 is 0 Å². The van der Waals surface area contributed by atoms with Crippen LogP contribution >= 0.6 is 0 Å². The summed E-state index contributed by atoms with van der Waals surface area (Å²) >= 11 is 0. The summed E-state index contributed by atoms with van der Waals surface area (Å²) < 4.78 is 12.6. The van der Waals surface area contributed by atoms with E-state index >= 15 is 0 Å². The third-order valence-electron chi connectivity index (χ3n) is 5.99. The van der Waals surface area contributed by atoms with Crippen LogP contribution in [0.3, 0.4) is 0 Å². The third-order valence-corrected chi connectivity index (χ3v) is 5.99. The number of aromatic nitrogens is 1. The largest absolute Gasteiger partial charge is 0.504 e. The summed E-state index contributed by atoms with van der Waals surface area (Å²) in [7, 11) is 5.03. The minimum absolute atomic E-state index is 0.0297. The third kappa shape index (κ3) is 2.68. The fraction of sp³-hybridized carbons (Fsp3) is 0.160. The smallest absolute Gasteiger partial charge is 0.276 e. The van der Waals surface area contributed by atoms with Crippen LogP contribution in [0.2, 0.25) is 0 Å². The lowest BCUT2D eigenvalue weighted by Crippen LogP contribution is -2.29. The van der Waals surface area contributed by atoms with Crippen molar-refractivity contribution in [2.45, 2.75) is 6.04 Å². The van der Waals surface area contributed by atoms with Crippen LogP contribution in [0.1, 0.15) is 27.7 Å². The molecule has 6 heteroatoms. The second-order valence-electron chi connectivity index (χ2n) is 7.51. The van der Waals surface area contributed by atoms with Crippen molar-refractivity contribution in [3.63, 3.8) is 0 Å². The molecule has 0 spiro atoms. The molecule has 0 aliphatic carbocycles. The zero-order valence-electron chi connectivity index (χ0n) is 17.5. The van der Waals surface area contributed by atoms with Gasteiger partial charge in [0.2, 0.25) is 0 Å². The number of phenols is 1. The molecule has 1 amide bonds. The van der Waals surface area contributed by atoms with E-state index in [1.807, 2.05) is 72.3 Å². The molecule has 1 aliphatic rings. The maximum Gasteiger partial charge on any atom is 0.276 e. The maximum absolute atomic E-state index is 13.8. The Kier molecular flexibility index (Phi) is 4.36. The molecular formula is C25H22N2O4. The van der Waals surface area contributed by atoms with Gasteiger partial charge in [-0.15, -0.1) is 0 Å². The lowest BCUT2D eigenvalue weighted by Gasteiger charge is -2.27. The van der Waals surface area contributed by atoms with E-state index in [1.54, 1.807) is 18.1 Å². The van der Waals surface area contributed by atoms with Crippen LogP contribution in [-0.4, -0.2) is 29.8 Å². The molecule has 1 N–H and O–H groups in total. The molecule has 0 bridgehead atoms. The molecule has 3 aromatic carbocycles. The number of aromatic hydroxyl groups is 1. The second-order valence-corrected chi connectivity index (χ2v) is 7.51. The van der Waals surface area contributed by atoms with E-state index < -0.39 is 6.04 Å². The summed E-state index contributed by atoms with van der Waals surface area (Å²) in [6.45, 7) is 0. The van der Waals surface area contributed by atoms with Gasteiger partial charge < -0.3 is 19.1 Å². The number of para-hydroxylation sites is 2. The Hall–Kier alpha value is -3.93. The Balaban J connectivity index is 1.80. The number of methoxy groups -OCH3 is 2. The van der Waals surface area contributed by atoms with Gasteiger partial charge in [0.15, 0.2) is 11.5 Å². The number of carbonyl (C=O) groups is 1. The fourth-order valence-electron chi connectivity index (χ4n) is 4.55. The van der Waals surface area contributed by atoms with Gasteiger partial charge in [-0.1, -0.05) is 30.3 Å². The first-order valence-electron chi connectivity index (χ1n) is 9.97. The van der Waals surface area contributed by atoms with E-state index in [-0.39, 0.29) is 11.7 Å². The minimum atomic E-state index is -0.503. The molecule has 0 saturated heterocycles. The average Bonchev–Trinajstić information content (AvgIpc) is 3.27. The van der Waals surface area contributed by atoms with Crippen molar-refractivity contribution in [1.82, 2.24) is 4.57 Å². The predicted molar refractivity (Wildman–Crippen MR) is 119 cm³/mol. The van der Waals surface area contributed by atoms with E-state index in [4.69, 9.17) is 9.47 Å². The van der Waals surface area contributed by atoms with E-state index in [0.29, 0.717) is 22.8 Å². The van der Waals surface area contributed by atoms with Crippen molar-refractivity contribution < 1.29 is 19.4 Å². The van der Waals surface area contributed by atoms with Gasteiger partial charge in [0.05, 0.1) is 20.3 Å². The molecule has 1 aromatic heterocycles. The van der Waals surface area contributed by atoms with Gasteiger partial charge in [-0.3, -0.25) is 9.69 Å². The molecule has 1 aliphatic heterocycles. The van der Waals surface area contributed by atoms with Gasteiger partial charge in [0.1, 0.15) is 11.4 Å². The number of fused-ring (bicyclic) bond motifs is 3. The Labute approximate surface area is 179 Å². The maximum atomic E-state index is 13.8. The molecule has 31 heavy (non-hydrogen) atoms. The van der Waals surface area contributed by atoms with E-state index in [0.717, 1.165) is 22.2 Å².